The van der Waals surface area contributed by atoms with Crippen molar-refractivity contribution >= 4 is 17.4 Å². The van der Waals surface area contributed by atoms with Gasteiger partial charge in [-0.3, -0.25) is 4.79 Å². The van der Waals surface area contributed by atoms with Crippen molar-refractivity contribution in [1.82, 2.24) is 19.9 Å². The number of fused-ring (bicyclic) bond motifs is 1. The maximum absolute atomic E-state index is 12.6. The molecule has 0 aliphatic carbocycles. The highest BCUT2D eigenvalue weighted by atomic mass is 16.5. The minimum Gasteiger partial charge on any atom is -0.381 e. The van der Waals surface area contributed by atoms with Crippen LogP contribution in [0, 0.1) is 0 Å². The van der Waals surface area contributed by atoms with E-state index >= 15 is 0 Å². The van der Waals surface area contributed by atoms with Gasteiger partial charge in [0.15, 0.2) is 5.65 Å². The average molecular weight is 315 g/mol. The molecule has 0 radical (unpaired) electrons. The number of amides is 1. The predicted molar refractivity (Wildman–Crippen MR) is 85.7 cm³/mol. The third-order valence-electron chi connectivity index (χ3n) is 4.59. The number of rotatable bonds is 3. The van der Waals surface area contributed by atoms with E-state index in [1.165, 1.54) is 12.8 Å². The maximum Gasteiger partial charge on any atom is 0.256 e. The van der Waals surface area contributed by atoms with Crippen LogP contribution in [-0.2, 0) is 4.74 Å². The van der Waals surface area contributed by atoms with Crippen LogP contribution in [0.15, 0.2) is 18.5 Å². The number of ether oxygens (including phenoxy) is 1. The monoisotopic (exact) mass is 315 g/mol. The lowest BCUT2D eigenvalue weighted by Crippen LogP contribution is -2.38. The fourth-order valence-corrected chi connectivity index (χ4v) is 3.25. The predicted octanol–water partition coefficient (Wildman–Crippen LogP) is 1.24. The van der Waals surface area contributed by atoms with Crippen molar-refractivity contribution in [3.63, 3.8) is 0 Å². The van der Waals surface area contributed by atoms with Gasteiger partial charge in [-0.2, -0.15) is 5.10 Å². The van der Waals surface area contributed by atoms with Gasteiger partial charge in [0.05, 0.1) is 6.20 Å². The van der Waals surface area contributed by atoms with Crippen LogP contribution >= 0.6 is 0 Å². The van der Waals surface area contributed by atoms with Gasteiger partial charge >= 0.3 is 0 Å². The molecule has 0 saturated carbocycles. The molecule has 0 aromatic carbocycles. The molecule has 2 saturated heterocycles. The van der Waals surface area contributed by atoms with Crippen LogP contribution in [0.2, 0.25) is 0 Å². The molecule has 0 spiro atoms. The summed E-state index contributed by atoms with van der Waals surface area (Å²) in [5, 5.41) is 7.33. The molecule has 2 aromatic rings. The highest BCUT2D eigenvalue weighted by Crippen LogP contribution is 2.20. The molecule has 2 aromatic heterocycles. The Balaban J connectivity index is 1.58. The Hall–Kier alpha value is -2.15. The van der Waals surface area contributed by atoms with Crippen molar-refractivity contribution in [3.8, 4) is 0 Å². The second kappa shape index (κ2) is 6.16. The number of hydrogen-bond donors (Lipinski definition) is 1. The van der Waals surface area contributed by atoms with Gasteiger partial charge in [0.1, 0.15) is 11.4 Å². The molecule has 1 N–H and O–H groups in total. The molecular weight excluding hydrogens is 294 g/mol. The Morgan fingerprint density at radius 2 is 2.04 bits per heavy atom. The van der Waals surface area contributed by atoms with Crippen LogP contribution in [0.1, 0.15) is 36.0 Å². The molecule has 1 amide bonds. The molecule has 4 heterocycles. The Morgan fingerprint density at radius 3 is 2.83 bits per heavy atom. The van der Waals surface area contributed by atoms with Crippen molar-refractivity contribution in [2.75, 3.05) is 31.2 Å². The smallest absolute Gasteiger partial charge is 0.256 e. The molecule has 7 nitrogen and oxygen atoms in total. The molecule has 0 bridgehead atoms. The first-order valence-electron chi connectivity index (χ1n) is 8.29. The fraction of sp³-hybridized carbons (Fsp3) is 0.562. The van der Waals surface area contributed by atoms with Gasteiger partial charge in [0.25, 0.3) is 5.91 Å². The number of aromatic nitrogens is 3. The van der Waals surface area contributed by atoms with E-state index < -0.39 is 0 Å². The van der Waals surface area contributed by atoms with Gasteiger partial charge < -0.3 is 15.0 Å². The summed E-state index contributed by atoms with van der Waals surface area (Å²) in [6.45, 7) is 3.47. The van der Waals surface area contributed by atoms with Crippen LogP contribution < -0.4 is 10.2 Å². The highest BCUT2D eigenvalue weighted by Gasteiger charge is 2.21. The number of anilines is 1. The topological polar surface area (TPSA) is 71.8 Å². The zero-order valence-corrected chi connectivity index (χ0v) is 13.1. The lowest BCUT2D eigenvalue weighted by Gasteiger charge is -2.22. The van der Waals surface area contributed by atoms with Crippen LogP contribution in [0.3, 0.4) is 0 Å². The summed E-state index contributed by atoms with van der Waals surface area (Å²) in [5.41, 5.74) is 1.16. The largest absolute Gasteiger partial charge is 0.381 e. The van der Waals surface area contributed by atoms with Gasteiger partial charge in [-0.25, -0.2) is 9.50 Å². The van der Waals surface area contributed by atoms with Gasteiger partial charge in [-0.05, 0) is 31.7 Å². The summed E-state index contributed by atoms with van der Waals surface area (Å²) in [6.07, 6.45) is 7.59. The van der Waals surface area contributed by atoms with Crippen LogP contribution in [0.4, 0.5) is 5.82 Å². The van der Waals surface area contributed by atoms with E-state index in [0.29, 0.717) is 24.4 Å². The lowest BCUT2D eigenvalue weighted by atomic mass is 10.1. The summed E-state index contributed by atoms with van der Waals surface area (Å²) in [4.78, 5) is 19.5. The van der Waals surface area contributed by atoms with Crippen molar-refractivity contribution in [2.24, 2.45) is 0 Å². The standard InChI is InChI=1S/C16H21N5O2/c22-16(18-12-4-9-23-10-5-12)13-11-17-21-8-3-14(19-15(13)21)20-6-1-2-7-20/h3,8,11-12H,1-2,4-7,9-10H2,(H,18,22). The Morgan fingerprint density at radius 1 is 1.26 bits per heavy atom. The molecule has 0 atom stereocenters. The molecule has 23 heavy (non-hydrogen) atoms. The van der Waals surface area contributed by atoms with E-state index in [2.05, 4.69) is 20.3 Å². The van der Waals surface area contributed by atoms with E-state index in [1.807, 2.05) is 12.3 Å². The van der Waals surface area contributed by atoms with Gasteiger partial charge in [-0.15, -0.1) is 0 Å². The SMILES string of the molecule is O=C(NC1CCOCC1)c1cnn2ccc(N3CCCC3)nc12. The minimum atomic E-state index is -0.0991. The first kappa shape index (κ1) is 14.4. The first-order chi connectivity index (χ1) is 11.3. The van der Waals surface area contributed by atoms with Crippen molar-refractivity contribution in [3.05, 3.63) is 24.0 Å². The molecular formula is C16H21N5O2. The quantitative estimate of drug-likeness (QED) is 0.922. The summed E-state index contributed by atoms with van der Waals surface area (Å²) in [6, 6.07) is 2.14. The van der Waals surface area contributed by atoms with E-state index in [4.69, 9.17) is 4.74 Å². The summed E-state index contributed by atoms with van der Waals surface area (Å²) < 4.78 is 6.99. The van der Waals surface area contributed by atoms with Crippen LogP contribution in [-0.4, -0.2) is 52.9 Å². The molecule has 2 aliphatic heterocycles. The molecule has 2 aliphatic rings. The summed E-state index contributed by atoms with van der Waals surface area (Å²) in [5.74, 6) is 0.827. The molecule has 122 valence electrons. The average Bonchev–Trinajstić information content (AvgIpc) is 3.25. The second-order valence-corrected chi connectivity index (χ2v) is 6.17. The van der Waals surface area contributed by atoms with E-state index in [-0.39, 0.29) is 11.9 Å². The van der Waals surface area contributed by atoms with Gasteiger partial charge in [0.2, 0.25) is 0 Å². The third-order valence-corrected chi connectivity index (χ3v) is 4.59. The highest BCUT2D eigenvalue weighted by molar-refractivity contribution is 5.99. The Labute approximate surface area is 134 Å². The zero-order chi connectivity index (χ0) is 15.6. The minimum absolute atomic E-state index is 0.0991. The normalized spacial score (nSPS) is 19.4. The Bertz CT molecular complexity index is 702. The zero-order valence-electron chi connectivity index (χ0n) is 13.1. The maximum atomic E-state index is 12.6. The van der Waals surface area contributed by atoms with Crippen LogP contribution in [0.5, 0.6) is 0 Å². The van der Waals surface area contributed by atoms with Gasteiger partial charge in [-0.1, -0.05) is 0 Å². The van der Waals surface area contributed by atoms with E-state index in [0.717, 1.165) is 31.7 Å². The summed E-state index contributed by atoms with van der Waals surface area (Å²) in [7, 11) is 0. The first-order valence-corrected chi connectivity index (χ1v) is 8.29. The lowest BCUT2D eigenvalue weighted by molar-refractivity contribution is 0.0697. The fourth-order valence-electron chi connectivity index (χ4n) is 3.25. The van der Waals surface area contributed by atoms with Crippen molar-refractivity contribution < 1.29 is 9.53 Å². The molecule has 4 rings (SSSR count). The number of nitrogens with one attached hydrogen (secondary N) is 1. The number of carbonyl (C=O) groups excluding carboxylic acids is 1. The number of hydrogen-bond acceptors (Lipinski definition) is 5. The van der Waals surface area contributed by atoms with E-state index in [9.17, 15) is 4.79 Å². The van der Waals surface area contributed by atoms with Crippen molar-refractivity contribution in [2.45, 2.75) is 31.7 Å². The molecule has 0 unspecified atom stereocenters. The van der Waals surface area contributed by atoms with Crippen LogP contribution in [0.25, 0.3) is 5.65 Å². The van der Waals surface area contributed by atoms with E-state index in [1.54, 1.807) is 10.7 Å². The van der Waals surface area contributed by atoms with Gasteiger partial charge in [0, 0.05) is 38.5 Å². The number of carbonyl (C=O) groups is 1. The number of nitrogens with zero attached hydrogens (tertiary/aromatic N) is 4. The molecule has 7 heteroatoms. The van der Waals surface area contributed by atoms with Crippen molar-refractivity contribution in [1.29, 1.82) is 0 Å². The summed E-state index contributed by atoms with van der Waals surface area (Å²) >= 11 is 0. The Kier molecular flexibility index (Phi) is 3.87. The molecule has 2 fully saturated rings. The second-order valence-electron chi connectivity index (χ2n) is 6.17. The third kappa shape index (κ3) is 2.88.